The molecule has 2 aliphatic rings. The van der Waals surface area contributed by atoms with E-state index in [0.717, 1.165) is 12.2 Å². The minimum absolute atomic E-state index is 0.0476. The smallest absolute Gasteiger partial charge is 0.248 e. The van der Waals surface area contributed by atoms with Crippen LogP contribution in [0.4, 0.5) is 8.78 Å². The van der Waals surface area contributed by atoms with Crippen molar-refractivity contribution in [2.75, 3.05) is 13.2 Å². The standard InChI is InChI=1S/C12H16F2N2OS/c13-12(14)4-2-11(3-5-12)10(15-6-7-17-11)9-1-8-18-16-9/h1,8,10,15H,2-7H2. The maximum Gasteiger partial charge on any atom is 0.248 e. The van der Waals surface area contributed by atoms with Crippen LogP contribution in [0, 0.1) is 0 Å². The maximum atomic E-state index is 13.3. The van der Waals surface area contributed by atoms with Gasteiger partial charge in [0.05, 0.1) is 23.9 Å². The summed E-state index contributed by atoms with van der Waals surface area (Å²) in [4.78, 5) is 0. The van der Waals surface area contributed by atoms with E-state index in [2.05, 4.69) is 9.69 Å². The van der Waals surface area contributed by atoms with Gasteiger partial charge in [-0.1, -0.05) is 0 Å². The number of hydrogen-bond acceptors (Lipinski definition) is 4. The molecule has 1 unspecified atom stereocenters. The van der Waals surface area contributed by atoms with Crippen LogP contribution in [-0.2, 0) is 4.74 Å². The van der Waals surface area contributed by atoms with Crippen LogP contribution in [0.15, 0.2) is 11.4 Å². The SMILES string of the molecule is FC1(F)CCC2(CC1)OCCNC2c1ccsn1. The zero-order valence-electron chi connectivity index (χ0n) is 9.99. The number of morpholine rings is 1. The molecule has 1 saturated heterocycles. The molecule has 6 heteroatoms. The van der Waals surface area contributed by atoms with Crippen molar-refractivity contribution in [2.24, 2.45) is 0 Å². The van der Waals surface area contributed by atoms with E-state index < -0.39 is 11.5 Å². The molecule has 0 radical (unpaired) electrons. The average Bonchev–Trinajstić information content (AvgIpc) is 2.88. The Morgan fingerprint density at radius 1 is 1.33 bits per heavy atom. The fourth-order valence-corrected chi connectivity index (χ4v) is 3.49. The van der Waals surface area contributed by atoms with Gasteiger partial charge in [0.2, 0.25) is 5.92 Å². The molecular formula is C12H16F2N2OS. The van der Waals surface area contributed by atoms with Crippen LogP contribution in [0.2, 0.25) is 0 Å². The van der Waals surface area contributed by atoms with Gasteiger partial charge in [-0.3, -0.25) is 0 Å². The zero-order chi connectivity index (χ0) is 12.6. The molecular weight excluding hydrogens is 258 g/mol. The van der Waals surface area contributed by atoms with Gasteiger partial charge in [0.1, 0.15) is 0 Å². The summed E-state index contributed by atoms with van der Waals surface area (Å²) in [6, 6.07) is 1.90. The molecule has 1 aromatic rings. The van der Waals surface area contributed by atoms with E-state index in [1.165, 1.54) is 11.5 Å². The molecule has 2 heterocycles. The normalized spacial score (nSPS) is 30.4. The number of rotatable bonds is 1. The van der Waals surface area contributed by atoms with Gasteiger partial charge in [0.15, 0.2) is 0 Å². The molecule has 1 atom stereocenters. The summed E-state index contributed by atoms with van der Waals surface area (Å²) in [5.41, 5.74) is 0.429. The third kappa shape index (κ3) is 2.17. The number of ether oxygens (including phenoxy) is 1. The Labute approximate surface area is 109 Å². The first kappa shape index (κ1) is 12.4. The summed E-state index contributed by atoms with van der Waals surface area (Å²) in [7, 11) is 0. The van der Waals surface area contributed by atoms with Gasteiger partial charge in [-0.2, -0.15) is 4.37 Å². The first-order valence-electron chi connectivity index (χ1n) is 6.27. The van der Waals surface area contributed by atoms with Crippen LogP contribution in [0.5, 0.6) is 0 Å². The van der Waals surface area contributed by atoms with E-state index in [4.69, 9.17) is 4.74 Å². The van der Waals surface area contributed by atoms with E-state index in [9.17, 15) is 8.78 Å². The molecule has 1 spiro atoms. The fourth-order valence-electron chi connectivity index (χ4n) is 2.94. The number of alkyl halides is 2. The molecule has 1 N–H and O–H groups in total. The first-order valence-corrected chi connectivity index (χ1v) is 7.11. The lowest BCUT2D eigenvalue weighted by atomic mass is 9.76. The van der Waals surface area contributed by atoms with Gasteiger partial charge in [0, 0.05) is 24.8 Å². The van der Waals surface area contributed by atoms with Crippen molar-refractivity contribution < 1.29 is 13.5 Å². The second-order valence-corrected chi connectivity index (χ2v) is 5.75. The summed E-state index contributed by atoms with van der Waals surface area (Å²) in [6.45, 7) is 1.34. The van der Waals surface area contributed by atoms with Gasteiger partial charge >= 0.3 is 0 Å². The van der Waals surface area contributed by atoms with E-state index in [0.29, 0.717) is 19.4 Å². The van der Waals surface area contributed by atoms with Gasteiger partial charge in [-0.25, -0.2) is 8.78 Å². The highest BCUT2D eigenvalue weighted by molar-refractivity contribution is 7.03. The van der Waals surface area contributed by atoms with Gasteiger partial charge in [-0.05, 0) is 30.4 Å². The van der Waals surface area contributed by atoms with E-state index >= 15 is 0 Å². The monoisotopic (exact) mass is 274 g/mol. The highest BCUT2D eigenvalue weighted by atomic mass is 32.1. The largest absolute Gasteiger partial charge is 0.372 e. The number of nitrogens with one attached hydrogen (secondary N) is 1. The topological polar surface area (TPSA) is 34.1 Å². The fraction of sp³-hybridized carbons (Fsp3) is 0.750. The van der Waals surface area contributed by atoms with Crippen molar-refractivity contribution in [2.45, 2.75) is 43.2 Å². The van der Waals surface area contributed by atoms with Crippen LogP contribution < -0.4 is 5.32 Å². The lowest BCUT2D eigenvalue weighted by molar-refractivity contribution is -0.163. The minimum atomic E-state index is -2.53. The van der Waals surface area contributed by atoms with Crippen LogP contribution in [-0.4, -0.2) is 29.0 Å². The van der Waals surface area contributed by atoms with Crippen molar-refractivity contribution in [1.29, 1.82) is 0 Å². The number of nitrogens with zero attached hydrogens (tertiary/aromatic N) is 1. The highest BCUT2D eigenvalue weighted by Crippen LogP contribution is 2.47. The van der Waals surface area contributed by atoms with Crippen LogP contribution in [0.1, 0.15) is 37.4 Å². The predicted octanol–water partition coefficient (Wildman–Crippen LogP) is 2.75. The van der Waals surface area contributed by atoms with Crippen molar-refractivity contribution in [3.05, 3.63) is 17.1 Å². The second kappa shape index (κ2) is 4.51. The average molecular weight is 274 g/mol. The lowest BCUT2D eigenvalue weighted by Gasteiger charge is -2.47. The van der Waals surface area contributed by atoms with Crippen molar-refractivity contribution in [3.8, 4) is 0 Å². The Morgan fingerprint density at radius 2 is 2.11 bits per heavy atom. The Bertz CT molecular complexity index is 400. The van der Waals surface area contributed by atoms with E-state index in [-0.39, 0.29) is 18.9 Å². The number of aromatic nitrogens is 1. The summed E-state index contributed by atoms with van der Waals surface area (Å²) in [5, 5.41) is 5.30. The molecule has 1 aliphatic carbocycles. The van der Waals surface area contributed by atoms with Gasteiger partial charge in [0.25, 0.3) is 0 Å². The Balaban J connectivity index is 1.84. The molecule has 1 saturated carbocycles. The number of hydrogen-bond donors (Lipinski definition) is 1. The molecule has 18 heavy (non-hydrogen) atoms. The molecule has 0 amide bonds. The van der Waals surface area contributed by atoms with Crippen molar-refractivity contribution in [1.82, 2.24) is 9.69 Å². The Kier molecular flexibility index (Phi) is 3.11. The summed E-state index contributed by atoms with van der Waals surface area (Å²) in [6.07, 6.45) is 0.620. The summed E-state index contributed by atoms with van der Waals surface area (Å²) >= 11 is 1.39. The molecule has 100 valence electrons. The van der Waals surface area contributed by atoms with Gasteiger partial charge in [-0.15, -0.1) is 0 Å². The first-order chi connectivity index (χ1) is 8.61. The quantitative estimate of drug-likeness (QED) is 0.855. The summed E-state index contributed by atoms with van der Waals surface area (Å²) < 4.78 is 36.9. The minimum Gasteiger partial charge on any atom is -0.372 e. The van der Waals surface area contributed by atoms with Crippen LogP contribution in [0.3, 0.4) is 0 Å². The van der Waals surface area contributed by atoms with Crippen molar-refractivity contribution in [3.63, 3.8) is 0 Å². The van der Waals surface area contributed by atoms with E-state index in [1.807, 2.05) is 11.4 Å². The van der Waals surface area contributed by atoms with Crippen LogP contribution in [0.25, 0.3) is 0 Å². The third-order valence-corrected chi connectivity index (χ3v) is 4.52. The molecule has 2 fully saturated rings. The predicted molar refractivity (Wildman–Crippen MR) is 65.0 cm³/mol. The molecule has 0 aromatic carbocycles. The number of halogens is 2. The summed E-state index contributed by atoms with van der Waals surface area (Å²) in [5.74, 6) is -2.53. The second-order valence-electron chi connectivity index (χ2n) is 5.08. The molecule has 1 aromatic heterocycles. The van der Waals surface area contributed by atoms with Crippen LogP contribution >= 0.6 is 11.5 Å². The molecule has 3 nitrogen and oxygen atoms in total. The zero-order valence-corrected chi connectivity index (χ0v) is 10.8. The molecule has 1 aliphatic heterocycles. The molecule has 0 bridgehead atoms. The van der Waals surface area contributed by atoms with Gasteiger partial charge < -0.3 is 10.1 Å². The highest BCUT2D eigenvalue weighted by Gasteiger charge is 2.50. The van der Waals surface area contributed by atoms with Crippen molar-refractivity contribution >= 4 is 11.5 Å². The Morgan fingerprint density at radius 3 is 2.78 bits per heavy atom. The third-order valence-electron chi connectivity index (χ3n) is 3.95. The maximum absolute atomic E-state index is 13.3. The Hall–Kier alpha value is -0.590. The lowest BCUT2D eigenvalue weighted by Crippen LogP contribution is -2.55. The molecule has 3 rings (SSSR count). The van der Waals surface area contributed by atoms with E-state index in [1.54, 1.807) is 0 Å².